The Morgan fingerprint density at radius 2 is 1.71 bits per heavy atom. The monoisotopic (exact) mass is 311 g/mol. The Hall–Kier alpha value is -1.26. The Bertz CT molecular complexity index is 499. The number of nitrogens with zero attached hydrogens (tertiary/aromatic N) is 1. The number of halogens is 1. The van der Waals surface area contributed by atoms with Crippen molar-refractivity contribution in [2.24, 2.45) is 0 Å². The molecule has 0 atom stereocenters. The maximum absolute atomic E-state index is 12.5. The van der Waals surface area contributed by atoms with Crippen molar-refractivity contribution in [2.45, 2.75) is 26.7 Å². The zero-order valence-corrected chi connectivity index (χ0v) is 13.4. The first kappa shape index (κ1) is 16.1. The summed E-state index contributed by atoms with van der Waals surface area (Å²) >= 11 is 6.22. The minimum absolute atomic E-state index is 0.0267. The topological polar surface area (TPSA) is 38.8 Å². The van der Waals surface area contributed by atoms with Gasteiger partial charge < -0.3 is 9.47 Å². The van der Waals surface area contributed by atoms with Crippen LogP contribution in [0.3, 0.4) is 0 Å². The predicted molar refractivity (Wildman–Crippen MR) is 83.8 cm³/mol. The predicted octanol–water partition coefficient (Wildman–Crippen LogP) is 3.42. The largest absolute Gasteiger partial charge is 0.486 e. The van der Waals surface area contributed by atoms with Gasteiger partial charge in [0.25, 0.3) is 0 Å². The maximum Gasteiger partial charge on any atom is 0.178 e. The number of ether oxygens (including phenoxy) is 2. The number of carbonyl (C=O) groups is 1. The van der Waals surface area contributed by atoms with E-state index in [1.54, 1.807) is 12.1 Å². The molecule has 1 aromatic rings. The van der Waals surface area contributed by atoms with Gasteiger partial charge in [-0.15, -0.1) is 0 Å². The Kier molecular flexibility index (Phi) is 5.88. The first-order valence-electron chi connectivity index (χ1n) is 7.50. The van der Waals surface area contributed by atoms with E-state index in [9.17, 15) is 4.79 Å². The van der Waals surface area contributed by atoms with Gasteiger partial charge in [0.15, 0.2) is 17.3 Å². The molecule has 2 rings (SSSR count). The van der Waals surface area contributed by atoms with Crippen LogP contribution < -0.4 is 9.47 Å². The molecule has 1 aromatic carbocycles. The van der Waals surface area contributed by atoms with Crippen molar-refractivity contribution < 1.29 is 14.3 Å². The molecule has 1 aliphatic rings. The number of rotatable bonds is 7. The van der Waals surface area contributed by atoms with Crippen LogP contribution in [0.2, 0.25) is 5.02 Å². The molecule has 0 fully saturated rings. The fourth-order valence-electron chi connectivity index (χ4n) is 2.47. The van der Waals surface area contributed by atoms with Gasteiger partial charge in [0.1, 0.15) is 13.2 Å². The highest BCUT2D eigenvalue weighted by Crippen LogP contribution is 2.35. The van der Waals surface area contributed by atoms with Crippen LogP contribution in [0.4, 0.5) is 0 Å². The number of hydrogen-bond acceptors (Lipinski definition) is 4. The van der Waals surface area contributed by atoms with Crippen LogP contribution in [-0.2, 0) is 0 Å². The lowest BCUT2D eigenvalue weighted by atomic mass is 10.1. The van der Waals surface area contributed by atoms with Gasteiger partial charge in [0.2, 0.25) is 0 Å². The van der Waals surface area contributed by atoms with Gasteiger partial charge in [-0.2, -0.15) is 0 Å². The van der Waals surface area contributed by atoms with E-state index in [4.69, 9.17) is 21.1 Å². The van der Waals surface area contributed by atoms with E-state index in [1.807, 2.05) is 0 Å². The molecule has 1 heterocycles. The van der Waals surface area contributed by atoms with Crippen LogP contribution in [-0.4, -0.2) is 43.5 Å². The molecule has 0 bridgehead atoms. The third-order valence-corrected chi connectivity index (χ3v) is 3.69. The van der Waals surface area contributed by atoms with Gasteiger partial charge in [-0.1, -0.05) is 25.4 Å². The zero-order valence-electron chi connectivity index (χ0n) is 12.7. The van der Waals surface area contributed by atoms with Gasteiger partial charge >= 0.3 is 0 Å². The summed E-state index contributed by atoms with van der Waals surface area (Å²) in [5.41, 5.74) is 0.512. The van der Waals surface area contributed by atoms with Crippen LogP contribution in [0.1, 0.15) is 37.0 Å². The Balaban J connectivity index is 2.14. The second-order valence-electron chi connectivity index (χ2n) is 5.18. The van der Waals surface area contributed by atoms with Crippen LogP contribution >= 0.6 is 11.6 Å². The summed E-state index contributed by atoms with van der Waals surface area (Å²) in [5, 5.41) is 0.428. The molecule has 0 saturated carbocycles. The van der Waals surface area contributed by atoms with Crippen molar-refractivity contribution in [2.75, 3.05) is 32.8 Å². The summed E-state index contributed by atoms with van der Waals surface area (Å²) < 4.78 is 11.0. The molecule has 0 amide bonds. The Morgan fingerprint density at radius 3 is 2.29 bits per heavy atom. The van der Waals surface area contributed by atoms with Crippen molar-refractivity contribution in [3.8, 4) is 11.5 Å². The summed E-state index contributed by atoms with van der Waals surface area (Å²) in [4.78, 5) is 14.7. The first-order chi connectivity index (χ1) is 10.2. The van der Waals surface area contributed by atoms with E-state index >= 15 is 0 Å². The van der Waals surface area contributed by atoms with E-state index in [0.29, 0.717) is 41.8 Å². The average Bonchev–Trinajstić information content (AvgIpc) is 2.47. The lowest BCUT2D eigenvalue weighted by Gasteiger charge is -2.22. The second-order valence-corrected chi connectivity index (χ2v) is 5.58. The third-order valence-electron chi connectivity index (χ3n) is 3.38. The molecule has 0 spiro atoms. The van der Waals surface area contributed by atoms with Crippen molar-refractivity contribution in [3.63, 3.8) is 0 Å². The number of fused-ring (bicyclic) bond motifs is 1. The third kappa shape index (κ3) is 4.11. The highest BCUT2D eigenvalue weighted by atomic mass is 35.5. The maximum atomic E-state index is 12.5. The lowest BCUT2D eigenvalue weighted by molar-refractivity contribution is 0.0929. The van der Waals surface area contributed by atoms with E-state index in [0.717, 1.165) is 25.9 Å². The average molecular weight is 312 g/mol. The van der Waals surface area contributed by atoms with E-state index in [-0.39, 0.29) is 5.78 Å². The first-order valence-corrected chi connectivity index (χ1v) is 7.88. The van der Waals surface area contributed by atoms with Crippen molar-refractivity contribution >= 4 is 17.4 Å². The molecule has 5 heteroatoms. The van der Waals surface area contributed by atoms with Crippen LogP contribution in [0.15, 0.2) is 12.1 Å². The molecule has 0 unspecified atom stereocenters. The standard InChI is InChI=1S/C16H22ClNO3/c1-3-5-18(6-4-2)11-14(19)12-9-15-16(10-13(12)17)21-8-7-20-15/h9-10H,3-8,11H2,1-2H3. The highest BCUT2D eigenvalue weighted by molar-refractivity contribution is 6.34. The summed E-state index contributed by atoms with van der Waals surface area (Å²) in [6.07, 6.45) is 2.06. The minimum Gasteiger partial charge on any atom is -0.486 e. The second kappa shape index (κ2) is 7.66. The molecule has 1 aliphatic heterocycles. The lowest BCUT2D eigenvalue weighted by Crippen LogP contribution is -2.31. The van der Waals surface area contributed by atoms with Gasteiger partial charge in [0, 0.05) is 11.6 Å². The summed E-state index contributed by atoms with van der Waals surface area (Å²) in [5.74, 6) is 1.24. The molecular formula is C16H22ClNO3. The van der Waals surface area contributed by atoms with E-state index < -0.39 is 0 Å². The van der Waals surface area contributed by atoms with Crippen LogP contribution in [0, 0.1) is 0 Å². The van der Waals surface area contributed by atoms with Crippen LogP contribution in [0.25, 0.3) is 0 Å². The quantitative estimate of drug-likeness (QED) is 0.723. The summed E-state index contributed by atoms with van der Waals surface area (Å²) in [7, 11) is 0. The number of hydrogen-bond donors (Lipinski definition) is 0. The molecule has 0 aliphatic carbocycles. The molecule has 4 nitrogen and oxygen atoms in total. The minimum atomic E-state index is 0.0267. The molecule has 0 aromatic heterocycles. The van der Waals surface area contributed by atoms with E-state index in [2.05, 4.69) is 18.7 Å². The molecule has 116 valence electrons. The number of carbonyl (C=O) groups excluding carboxylic acids is 1. The fraction of sp³-hybridized carbons (Fsp3) is 0.562. The number of Topliss-reactive ketones (excluding diaryl/α,β-unsaturated/α-hetero) is 1. The normalized spacial score (nSPS) is 13.5. The summed E-state index contributed by atoms with van der Waals surface area (Å²) in [6, 6.07) is 3.38. The SMILES string of the molecule is CCCN(CCC)CC(=O)c1cc2c(cc1Cl)OCCO2. The van der Waals surface area contributed by atoms with Crippen molar-refractivity contribution in [1.29, 1.82) is 0 Å². The highest BCUT2D eigenvalue weighted by Gasteiger charge is 2.20. The van der Waals surface area contributed by atoms with Gasteiger partial charge in [-0.05, 0) is 32.0 Å². The van der Waals surface area contributed by atoms with Crippen LogP contribution in [0.5, 0.6) is 11.5 Å². The van der Waals surface area contributed by atoms with Crippen molar-refractivity contribution in [3.05, 3.63) is 22.7 Å². The molecule has 0 saturated heterocycles. The van der Waals surface area contributed by atoms with E-state index in [1.165, 1.54) is 0 Å². The van der Waals surface area contributed by atoms with Gasteiger partial charge in [0.05, 0.1) is 11.6 Å². The summed E-state index contributed by atoms with van der Waals surface area (Å²) in [6.45, 7) is 7.47. The smallest absolute Gasteiger partial charge is 0.178 e. The molecule has 21 heavy (non-hydrogen) atoms. The number of ketones is 1. The van der Waals surface area contributed by atoms with Gasteiger partial charge in [-0.3, -0.25) is 9.69 Å². The number of benzene rings is 1. The zero-order chi connectivity index (χ0) is 15.2. The van der Waals surface area contributed by atoms with Crippen molar-refractivity contribution in [1.82, 2.24) is 4.90 Å². The fourth-order valence-corrected chi connectivity index (χ4v) is 2.73. The Labute approximate surface area is 131 Å². The molecule has 0 N–H and O–H groups in total. The molecular weight excluding hydrogens is 290 g/mol. The van der Waals surface area contributed by atoms with Gasteiger partial charge in [-0.25, -0.2) is 0 Å². The Morgan fingerprint density at radius 1 is 1.14 bits per heavy atom. The molecule has 0 radical (unpaired) electrons.